The molecule has 118 valence electrons. The Morgan fingerprint density at radius 2 is 1.80 bits per heavy atom. The smallest absolute Gasteiger partial charge is 0.327 e. The molecule has 0 bridgehead atoms. The molecule has 1 saturated heterocycles. The van der Waals surface area contributed by atoms with Crippen LogP contribution in [0.15, 0.2) is 0 Å². The van der Waals surface area contributed by atoms with Crippen molar-refractivity contribution in [2.75, 3.05) is 66.5 Å². The van der Waals surface area contributed by atoms with Crippen molar-refractivity contribution in [3.8, 4) is 0 Å². The Balaban J connectivity index is 2.33. The predicted molar refractivity (Wildman–Crippen MR) is 80.7 cm³/mol. The van der Waals surface area contributed by atoms with Crippen molar-refractivity contribution < 1.29 is 9.53 Å². The van der Waals surface area contributed by atoms with Gasteiger partial charge in [-0.25, -0.2) is 0 Å². The Kier molecular flexibility index (Phi) is 6.88. The van der Waals surface area contributed by atoms with E-state index >= 15 is 0 Å². The molecule has 1 fully saturated rings. The predicted octanol–water partition coefficient (Wildman–Crippen LogP) is -0.554. The van der Waals surface area contributed by atoms with E-state index < -0.39 is 5.54 Å². The Morgan fingerprint density at radius 3 is 2.30 bits per heavy atom. The van der Waals surface area contributed by atoms with E-state index in [4.69, 9.17) is 10.5 Å². The molecule has 1 aliphatic heterocycles. The molecule has 1 atom stereocenters. The number of rotatable bonds is 7. The van der Waals surface area contributed by atoms with E-state index in [1.807, 2.05) is 0 Å². The molecule has 1 rings (SSSR count). The Bertz CT molecular complexity index is 300. The first-order valence-electron chi connectivity index (χ1n) is 7.40. The highest BCUT2D eigenvalue weighted by Crippen LogP contribution is 2.09. The van der Waals surface area contributed by atoms with Crippen LogP contribution in [0.2, 0.25) is 0 Å². The van der Waals surface area contributed by atoms with Gasteiger partial charge in [0.05, 0.1) is 6.61 Å². The van der Waals surface area contributed by atoms with Crippen LogP contribution in [0.25, 0.3) is 0 Å². The second kappa shape index (κ2) is 7.93. The van der Waals surface area contributed by atoms with Gasteiger partial charge in [0.1, 0.15) is 5.54 Å². The van der Waals surface area contributed by atoms with Crippen LogP contribution in [0.5, 0.6) is 0 Å². The fraction of sp³-hybridized carbons (Fsp3) is 0.929. The van der Waals surface area contributed by atoms with Gasteiger partial charge < -0.3 is 15.4 Å². The monoisotopic (exact) mass is 286 g/mol. The lowest BCUT2D eigenvalue weighted by atomic mass is 10.0. The van der Waals surface area contributed by atoms with Gasteiger partial charge in [0.25, 0.3) is 0 Å². The third-order valence-electron chi connectivity index (χ3n) is 3.62. The van der Waals surface area contributed by atoms with E-state index in [0.29, 0.717) is 13.2 Å². The van der Waals surface area contributed by atoms with Crippen molar-refractivity contribution in [1.82, 2.24) is 14.7 Å². The van der Waals surface area contributed by atoms with E-state index in [-0.39, 0.29) is 5.97 Å². The number of esters is 1. The van der Waals surface area contributed by atoms with Crippen LogP contribution < -0.4 is 5.73 Å². The SMILES string of the molecule is CCOC(=O)C(C)(N)CN1CCN(CCN(C)C)CC1. The van der Waals surface area contributed by atoms with Crippen molar-refractivity contribution in [3.63, 3.8) is 0 Å². The maximum atomic E-state index is 11.8. The Morgan fingerprint density at radius 1 is 1.25 bits per heavy atom. The molecule has 2 N–H and O–H groups in total. The molecule has 20 heavy (non-hydrogen) atoms. The van der Waals surface area contributed by atoms with Gasteiger partial charge in [-0.1, -0.05) is 0 Å². The largest absolute Gasteiger partial charge is 0.465 e. The van der Waals surface area contributed by atoms with E-state index in [2.05, 4.69) is 28.8 Å². The van der Waals surface area contributed by atoms with E-state index in [1.54, 1.807) is 13.8 Å². The summed E-state index contributed by atoms with van der Waals surface area (Å²) < 4.78 is 5.03. The molecule has 6 heteroatoms. The number of ether oxygens (including phenoxy) is 1. The fourth-order valence-electron chi connectivity index (χ4n) is 2.34. The van der Waals surface area contributed by atoms with Gasteiger partial charge in [-0.05, 0) is 27.9 Å². The third-order valence-corrected chi connectivity index (χ3v) is 3.62. The summed E-state index contributed by atoms with van der Waals surface area (Å²) >= 11 is 0. The summed E-state index contributed by atoms with van der Waals surface area (Å²) in [5, 5.41) is 0. The number of likely N-dealkylation sites (N-methyl/N-ethyl adjacent to an activating group) is 1. The van der Waals surface area contributed by atoms with Crippen molar-refractivity contribution in [2.45, 2.75) is 19.4 Å². The number of nitrogens with two attached hydrogens (primary N) is 1. The topological polar surface area (TPSA) is 62.0 Å². The summed E-state index contributed by atoms with van der Waals surface area (Å²) in [4.78, 5) is 18.7. The number of piperazine rings is 1. The highest BCUT2D eigenvalue weighted by molar-refractivity contribution is 5.80. The van der Waals surface area contributed by atoms with Crippen LogP contribution in [0.3, 0.4) is 0 Å². The van der Waals surface area contributed by atoms with Crippen molar-refractivity contribution in [2.24, 2.45) is 5.73 Å². The molecular formula is C14H30N4O2. The number of hydrogen-bond donors (Lipinski definition) is 1. The molecule has 0 amide bonds. The van der Waals surface area contributed by atoms with Gasteiger partial charge in [-0.15, -0.1) is 0 Å². The zero-order chi connectivity index (χ0) is 15.2. The molecule has 0 aromatic carbocycles. The normalized spacial score (nSPS) is 20.9. The molecule has 1 unspecified atom stereocenters. The van der Waals surface area contributed by atoms with Gasteiger partial charge in [-0.3, -0.25) is 14.6 Å². The lowest BCUT2D eigenvalue weighted by molar-refractivity contribution is -0.149. The number of hydrogen-bond acceptors (Lipinski definition) is 6. The summed E-state index contributed by atoms with van der Waals surface area (Å²) in [7, 11) is 4.19. The lowest BCUT2D eigenvalue weighted by Crippen LogP contribution is -2.58. The average Bonchev–Trinajstić information content (AvgIpc) is 2.37. The molecule has 1 aliphatic rings. The quantitative estimate of drug-likeness (QED) is 0.634. The average molecular weight is 286 g/mol. The van der Waals surface area contributed by atoms with E-state index in [1.165, 1.54) is 0 Å². The molecular weight excluding hydrogens is 256 g/mol. The maximum absolute atomic E-state index is 11.8. The number of carbonyl (C=O) groups excluding carboxylic acids is 1. The van der Waals surface area contributed by atoms with Gasteiger partial charge >= 0.3 is 5.97 Å². The van der Waals surface area contributed by atoms with Crippen LogP contribution >= 0.6 is 0 Å². The maximum Gasteiger partial charge on any atom is 0.327 e. The third kappa shape index (κ3) is 5.75. The highest BCUT2D eigenvalue weighted by atomic mass is 16.5. The Hall–Kier alpha value is -0.690. The van der Waals surface area contributed by atoms with Crippen molar-refractivity contribution in [1.29, 1.82) is 0 Å². The summed E-state index contributed by atoms with van der Waals surface area (Å²) in [6.07, 6.45) is 0. The summed E-state index contributed by atoms with van der Waals surface area (Å²) in [6.45, 7) is 10.7. The minimum Gasteiger partial charge on any atom is -0.465 e. The Labute approximate surface area is 122 Å². The second-order valence-electron chi connectivity index (χ2n) is 6.06. The van der Waals surface area contributed by atoms with Crippen molar-refractivity contribution in [3.05, 3.63) is 0 Å². The molecule has 0 saturated carbocycles. The summed E-state index contributed by atoms with van der Waals surface area (Å²) in [6, 6.07) is 0. The molecule has 0 spiro atoms. The molecule has 6 nitrogen and oxygen atoms in total. The molecule has 0 radical (unpaired) electrons. The van der Waals surface area contributed by atoms with Gasteiger partial charge in [0.15, 0.2) is 0 Å². The van der Waals surface area contributed by atoms with E-state index in [9.17, 15) is 4.79 Å². The molecule has 0 aromatic heterocycles. The van der Waals surface area contributed by atoms with Gasteiger partial charge in [0.2, 0.25) is 0 Å². The number of nitrogens with zero attached hydrogens (tertiary/aromatic N) is 3. The molecule has 1 heterocycles. The van der Waals surface area contributed by atoms with Gasteiger partial charge in [-0.2, -0.15) is 0 Å². The van der Waals surface area contributed by atoms with Crippen LogP contribution in [0.1, 0.15) is 13.8 Å². The van der Waals surface area contributed by atoms with E-state index in [0.717, 1.165) is 39.3 Å². The van der Waals surface area contributed by atoms with Crippen LogP contribution in [-0.2, 0) is 9.53 Å². The number of carbonyl (C=O) groups is 1. The second-order valence-corrected chi connectivity index (χ2v) is 6.06. The zero-order valence-electron chi connectivity index (χ0n) is 13.4. The van der Waals surface area contributed by atoms with Crippen LogP contribution in [-0.4, -0.2) is 92.7 Å². The minimum absolute atomic E-state index is 0.310. The fourth-order valence-corrected chi connectivity index (χ4v) is 2.34. The standard InChI is InChI=1S/C14H30N4O2/c1-5-20-13(19)14(2,15)12-18-10-8-17(9-11-18)7-6-16(3)4/h5-12,15H2,1-4H3. The first kappa shape index (κ1) is 17.4. The van der Waals surface area contributed by atoms with Gasteiger partial charge in [0, 0.05) is 45.8 Å². The molecule has 0 aliphatic carbocycles. The first-order chi connectivity index (χ1) is 9.35. The minimum atomic E-state index is -0.915. The first-order valence-corrected chi connectivity index (χ1v) is 7.40. The van der Waals surface area contributed by atoms with Crippen molar-refractivity contribution >= 4 is 5.97 Å². The summed E-state index contributed by atoms with van der Waals surface area (Å²) in [5.74, 6) is -0.310. The molecule has 0 aromatic rings. The van der Waals surface area contributed by atoms with Crippen LogP contribution in [0, 0.1) is 0 Å². The van der Waals surface area contributed by atoms with Crippen LogP contribution in [0.4, 0.5) is 0 Å². The highest BCUT2D eigenvalue weighted by Gasteiger charge is 2.33. The summed E-state index contributed by atoms with van der Waals surface area (Å²) in [5.41, 5.74) is 5.16. The zero-order valence-corrected chi connectivity index (χ0v) is 13.4. The lowest BCUT2D eigenvalue weighted by Gasteiger charge is -2.38.